The van der Waals surface area contributed by atoms with Gasteiger partial charge in [0.2, 0.25) is 0 Å². The molecule has 2 aromatic carbocycles. The summed E-state index contributed by atoms with van der Waals surface area (Å²) in [5.41, 5.74) is 6.37. The Kier molecular flexibility index (Phi) is 3.95. The summed E-state index contributed by atoms with van der Waals surface area (Å²) in [7, 11) is 0. The predicted molar refractivity (Wildman–Crippen MR) is 102 cm³/mol. The molecule has 0 spiro atoms. The lowest BCUT2D eigenvalue weighted by Crippen LogP contribution is -2.16. The van der Waals surface area contributed by atoms with E-state index in [4.69, 9.17) is 4.99 Å². The fourth-order valence-corrected chi connectivity index (χ4v) is 4.42. The molecule has 24 heavy (non-hydrogen) atoms. The van der Waals surface area contributed by atoms with Gasteiger partial charge in [-0.2, -0.15) is 0 Å². The molecule has 0 N–H and O–H groups in total. The molecule has 0 radical (unpaired) electrons. The molecule has 0 amide bonds. The highest BCUT2D eigenvalue weighted by molar-refractivity contribution is 7.09. The van der Waals surface area contributed by atoms with Crippen LogP contribution in [0, 0.1) is 6.92 Å². The van der Waals surface area contributed by atoms with Gasteiger partial charge in [-0.25, -0.2) is 4.99 Å². The molecule has 1 heterocycles. The summed E-state index contributed by atoms with van der Waals surface area (Å²) < 4.78 is 2.31. The molecule has 1 aliphatic rings. The number of benzene rings is 2. The Bertz CT molecular complexity index is 958. The van der Waals surface area contributed by atoms with E-state index in [2.05, 4.69) is 66.6 Å². The molecule has 0 aliphatic heterocycles. The summed E-state index contributed by atoms with van der Waals surface area (Å²) in [6.07, 6.45) is 4.16. The Morgan fingerprint density at radius 1 is 1.12 bits per heavy atom. The first-order chi connectivity index (χ1) is 11.8. The van der Waals surface area contributed by atoms with Crippen molar-refractivity contribution >= 4 is 17.0 Å². The van der Waals surface area contributed by atoms with Crippen LogP contribution in [0.1, 0.15) is 16.0 Å². The van der Waals surface area contributed by atoms with Crippen molar-refractivity contribution in [2.24, 2.45) is 4.99 Å². The van der Waals surface area contributed by atoms with Crippen LogP contribution in [0.25, 0.3) is 11.3 Å². The molecule has 1 aliphatic carbocycles. The zero-order chi connectivity index (χ0) is 16.5. The lowest BCUT2D eigenvalue weighted by atomic mass is 9.93. The first-order valence-electron chi connectivity index (χ1n) is 8.29. The van der Waals surface area contributed by atoms with E-state index >= 15 is 0 Å². The van der Waals surface area contributed by atoms with Crippen molar-refractivity contribution < 1.29 is 0 Å². The maximum absolute atomic E-state index is 4.91. The number of allylic oxidation sites excluding steroid dienone is 1. The third-order valence-electron chi connectivity index (χ3n) is 4.44. The topological polar surface area (TPSA) is 17.3 Å². The minimum Gasteiger partial charge on any atom is -0.312 e. The minimum absolute atomic E-state index is 0.783. The average Bonchev–Trinajstić information content (AvgIpc) is 2.95. The van der Waals surface area contributed by atoms with E-state index in [0.717, 1.165) is 29.9 Å². The Balaban J connectivity index is 1.93. The summed E-state index contributed by atoms with van der Waals surface area (Å²) in [5.74, 6) is 0. The average molecular weight is 332 g/mol. The molecule has 2 nitrogen and oxygen atoms in total. The first-order valence-corrected chi connectivity index (χ1v) is 9.11. The second kappa shape index (κ2) is 6.25. The fraction of sp³-hybridized carbons (Fsp3) is 0.190. The summed E-state index contributed by atoms with van der Waals surface area (Å²) in [6, 6.07) is 17.1. The highest BCUT2D eigenvalue weighted by Gasteiger charge is 2.21. The molecule has 0 atom stereocenters. The third-order valence-corrected chi connectivity index (χ3v) is 5.58. The lowest BCUT2D eigenvalue weighted by molar-refractivity contribution is 0.785. The Labute approximate surface area is 146 Å². The monoisotopic (exact) mass is 332 g/mol. The van der Waals surface area contributed by atoms with E-state index in [0.29, 0.717) is 0 Å². The van der Waals surface area contributed by atoms with Gasteiger partial charge in [0.25, 0.3) is 0 Å². The van der Waals surface area contributed by atoms with Crippen molar-refractivity contribution in [3.8, 4) is 11.3 Å². The van der Waals surface area contributed by atoms with E-state index in [-0.39, 0.29) is 0 Å². The number of aryl methyl sites for hydroxylation is 3. The van der Waals surface area contributed by atoms with Crippen LogP contribution in [0.15, 0.2) is 66.2 Å². The van der Waals surface area contributed by atoms with Gasteiger partial charge in [-0.1, -0.05) is 48.0 Å². The van der Waals surface area contributed by atoms with Gasteiger partial charge in [-0.05, 0) is 37.5 Å². The summed E-state index contributed by atoms with van der Waals surface area (Å²) in [4.78, 5) is 7.40. The third kappa shape index (κ3) is 2.65. The molecule has 0 fully saturated rings. The number of rotatable bonds is 3. The molecule has 0 bridgehead atoms. The van der Waals surface area contributed by atoms with Crippen molar-refractivity contribution in [3.05, 3.63) is 82.0 Å². The maximum atomic E-state index is 4.91. The molecule has 0 saturated heterocycles. The second-order valence-electron chi connectivity index (χ2n) is 6.16. The van der Waals surface area contributed by atoms with Gasteiger partial charge in [-0.15, -0.1) is 17.9 Å². The molecular formula is C21H20N2S. The summed E-state index contributed by atoms with van der Waals surface area (Å²) in [6.45, 7) is 6.82. The standard InChI is InChI=1S/C21H20N2S/c1-3-14-23-20-18-7-5-4-6-16(18)10-13-19(20)24-21(23)22-17-11-8-15(2)9-12-17/h3-9,11-12H,1,10,13-14H2,2H3. The van der Waals surface area contributed by atoms with Gasteiger partial charge in [0, 0.05) is 17.0 Å². The fourth-order valence-electron chi connectivity index (χ4n) is 3.25. The normalized spacial score (nSPS) is 13.5. The Morgan fingerprint density at radius 2 is 1.92 bits per heavy atom. The van der Waals surface area contributed by atoms with Crippen molar-refractivity contribution in [2.45, 2.75) is 26.3 Å². The largest absolute Gasteiger partial charge is 0.312 e. The molecule has 0 unspecified atom stereocenters. The SMILES string of the molecule is C=CCn1c2c(sc1=Nc1ccc(C)cc1)CCc1ccccc1-2. The van der Waals surface area contributed by atoms with E-state index in [1.165, 1.54) is 27.3 Å². The van der Waals surface area contributed by atoms with Crippen LogP contribution in [0.2, 0.25) is 0 Å². The van der Waals surface area contributed by atoms with E-state index < -0.39 is 0 Å². The van der Waals surface area contributed by atoms with E-state index in [1.54, 1.807) is 0 Å². The van der Waals surface area contributed by atoms with Gasteiger partial charge in [0.15, 0.2) is 4.80 Å². The van der Waals surface area contributed by atoms with E-state index in [9.17, 15) is 0 Å². The number of aromatic nitrogens is 1. The van der Waals surface area contributed by atoms with Crippen LogP contribution >= 0.6 is 11.3 Å². The quantitative estimate of drug-likeness (QED) is 0.598. The van der Waals surface area contributed by atoms with Crippen LogP contribution in [-0.4, -0.2) is 4.57 Å². The zero-order valence-corrected chi connectivity index (χ0v) is 14.6. The summed E-state index contributed by atoms with van der Waals surface area (Å²) in [5, 5.41) is 0. The highest BCUT2D eigenvalue weighted by Crippen LogP contribution is 2.35. The number of thiazole rings is 1. The highest BCUT2D eigenvalue weighted by atomic mass is 32.1. The minimum atomic E-state index is 0.783. The van der Waals surface area contributed by atoms with Gasteiger partial charge in [-0.3, -0.25) is 0 Å². The van der Waals surface area contributed by atoms with Crippen LogP contribution in [0.3, 0.4) is 0 Å². The molecule has 1 aromatic heterocycles. The number of hydrogen-bond donors (Lipinski definition) is 0. The van der Waals surface area contributed by atoms with Crippen molar-refractivity contribution in [3.63, 3.8) is 0 Å². The molecule has 120 valence electrons. The number of fused-ring (bicyclic) bond motifs is 3. The van der Waals surface area contributed by atoms with Gasteiger partial charge in [0.05, 0.1) is 11.4 Å². The molecular weight excluding hydrogens is 312 g/mol. The molecule has 4 rings (SSSR count). The van der Waals surface area contributed by atoms with Crippen LogP contribution in [0.4, 0.5) is 5.69 Å². The smallest absolute Gasteiger partial charge is 0.190 e. The van der Waals surface area contributed by atoms with E-state index in [1.807, 2.05) is 17.4 Å². The molecule has 3 heteroatoms. The first kappa shape index (κ1) is 15.2. The van der Waals surface area contributed by atoms with Gasteiger partial charge >= 0.3 is 0 Å². The predicted octanol–water partition coefficient (Wildman–Crippen LogP) is 5.04. The number of nitrogens with zero attached hydrogens (tertiary/aromatic N) is 2. The van der Waals surface area contributed by atoms with Crippen molar-refractivity contribution in [1.82, 2.24) is 4.57 Å². The lowest BCUT2D eigenvalue weighted by Gasteiger charge is -2.18. The summed E-state index contributed by atoms with van der Waals surface area (Å²) >= 11 is 1.81. The number of hydrogen-bond acceptors (Lipinski definition) is 2. The van der Waals surface area contributed by atoms with Crippen molar-refractivity contribution in [2.75, 3.05) is 0 Å². The Morgan fingerprint density at radius 3 is 2.71 bits per heavy atom. The van der Waals surface area contributed by atoms with Crippen LogP contribution in [-0.2, 0) is 19.4 Å². The molecule has 0 saturated carbocycles. The Hall–Kier alpha value is -2.39. The van der Waals surface area contributed by atoms with Crippen LogP contribution in [0.5, 0.6) is 0 Å². The maximum Gasteiger partial charge on any atom is 0.190 e. The van der Waals surface area contributed by atoms with Crippen molar-refractivity contribution in [1.29, 1.82) is 0 Å². The van der Waals surface area contributed by atoms with Gasteiger partial charge in [0.1, 0.15) is 0 Å². The molecule has 3 aromatic rings. The van der Waals surface area contributed by atoms with Crippen LogP contribution < -0.4 is 4.80 Å². The zero-order valence-electron chi connectivity index (χ0n) is 13.8. The van der Waals surface area contributed by atoms with Gasteiger partial charge < -0.3 is 4.57 Å². The second-order valence-corrected chi connectivity index (χ2v) is 7.22.